The summed E-state index contributed by atoms with van der Waals surface area (Å²) in [7, 11) is 6.55. The zero-order valence-corrected chi connectivity index (χ0v) is 21.5. The molecular weight excluding hydrogens is 509 g/mol. The molecule has 0 fully saturated rings. The number of nitrogens with zero attached hydrogens (tertiary/aromatic N) is 1. The molecule has 2 N–H and O–H groups in total. The Morgan fingerprint density at radius 1 is 0.839 bits per heavy atom. The highest BCUT2D eigenvalue weighted by Crippen LogP contribution is 2.34. The molecule has 0 saturated carbocycles. The summed E-state index contributed by atoms with van der Waals surface area (Å²) in [6.07, 6.45) is 0.862. The van der Waals surface area contributed by atoms with Gasteiger partial charge in [0, 0.05) is 24.7 Å². The van der Waals surface area contributed by atoms with Gasteiger partial charge in [0.25, 0.3) is 0 Å². The van der Waals surface area contributed by atoms with E-state index in [0.717, 1.165) is 42.3 Å². The highest BCUT2D eigenvalue weighted by atomic mass is 127. The Morgan fingerprint density at radius 2 is 1.48 bits per heavy atom. The van der Waals surface area contributed by atoms with Crippen molar-refractivity contribution in [1.29, 1.82) is 0 Å². The quantitative estimate of drug-likeness (QED) is 0.269. The number of halogens is 1. The summed E-state index contributed by atoms with van der Waals surface area (Å²) in [5.74, 6) is 3.64. The molecule has 0 aromatic heterocycles. The molecule has 0 unspecified atom stereocenters. The molecule has 7 nitrogen and oxygen atoms in total. The largest absolute Gasteiger partial charge is 0.496 e. The van der Waals surface area contributed by atoms with Crippen molar-refractivity contribution >= 4 is 29.9 Å². The highest BCUT2D eigenvalue weighted by Gasteiger charge is 2.12. The van der Waals surface area contributed by atoms with Crippen LogP contribution in [0.5, 0.6) is 23.0 Å². The Bertz CT molecular complexity index is 859. The lowest BCUT2D eigenvalue weighted by atomic mass is 10.1. The molecule has 0 aliphatic carbocycles. The van der Waals surface area contributed by atoms with Gasteiger partial charge in [0.1, 0.15) is 11.5 Å². The predicted molar refractivity (Wildman–Crippen MR) is 136 cm³/mol. The molecule has 0 amide bonds. The van der Waals surface area contributed by atoms with Crippen LogP contribution in [0.4, 0.5) is 0 Å². The molecule has 0 heterocycles. The molecule has 0 radical (unpaired) electrons. The second-order valence-electron chi connectivity index (χ2n) is 6.69. The SMILES string of the molecule is CCNC(=NCc1cc(OC)c(OC)cc1OC)NCCc1ccc(C)c(OC)c1.I. The van der Waals surface area contributed by atoms with Gasteiger partial charge in [-0.1, -0.05) is 12.1 Å². The number of hydrogen-bond acceptors (Lipinski definition) is 5. The average molecular weight is 543 g/mol. The molecule has 0 aliphatic rings. The first-order valence-corrected chi connectivity index (χ1v) is 10.0. The summed E-state index contributed by atoms with van der Waals surface area (Å²) in [6, 6.07) is 9.99. The van der Waals surface area contributed by atoms with E-state index in [1.54, 1.807) is 28.4 Å². The second kappa shape index (κ2) is 13.8. The van der Waals surface area contributed by atoms with E-state index < -0.39 is 0 Å². The van der Waals surface area contributed by atoms with E-state index in [4.69, 9.17) is 23.9 Å². The van der Waals surface area contributed by atoms with Crippen molar-refractivity contribution < 1.29 is 18.9 Å². The minimum absolute atomic E-state index is 0. The number of nitrogens with one attached hydrogen (secondary N) is 2. The number of aliphatic imine (C=N–C) groups is 1. The molecule has 172 valence electrons. The van der Waals surface area contributed by atoms with E-state index in [0.29, 0.717) is 23.8 Å². The molecule has 0 bridgehead atoms. The summed E-state index contributed by atoms with van der Waals surface area (Å²) in [4.78, 5) is 4.70. The Balaban J connectivity index is 0.00000480. The van der Waals surface area contributed by atoms with Crippen molar-refractivity contribution in [3.05, 3.63) is 47.0 Å². The van der Waals surface area contributed by atoms with Crippen LogP contribution in [-0.2, 0) is 13.0 Å². The molecule has 0 saturated heterocycles. The van der Waals surface area contributed by atoms with E-state index in [1.165, 1.54) is 5.56 Å². The third-order valence-electron chi connectivity index (χ3n) is 4.72. The number of aryl methyl sites for hydroxylation is 1. The normalized spacial score (nSPS) is 10.7. The maximum absolute atomic E-state index is 5.49. The van der Waals surface area contributed by atoms with Crippen molar-refractivity contribution in [1.82, 2.24) is 10.6 Å². The number of hydrogen-bond donors (Lipinski definition) is 2. The highest BCUT2D eigenvalue weighted by molar-refractivity contribution is 14.0. The zero-order chi connectivity index (χ0) is 21.9. The molecule has 8 heteroatoms. The van der Waals surface area contributed by atoms with Crippen molar-refractivity contribution in [2.45, 2.75) is 26.8 Å². The van der Waals surface area contributed by atoms with Crippen molar-refractivity contribution in [2.75, 3.05) is 41.5 Å². The molecule has 2 aromatic carbocycles. The number of guanidine groups is 1. The monoisotopic (exact) mass is 543 g/mol. The van der Waals surface area contributed by atoms with E-state index in [9.17, 15) is 0 Å². The van der Waals surface area contributed by atoms with E-state index >= 15 is 0 Å². The Hall–Kier alpha value is -2.36. The van der Waals surface area contributed by atoms with Crippen LogP contribution in [0.2, 0.25) is 0 Å². The summed E-state index contributed by atoms with van der Waals surface area (Å²) in [5.41, 5.74) is 3.26. The van der Waals surface area contributed by atoms with E-state index in [-0.39, 0.29) is 24.0 Å². The standard InChI is InChI=1S/C23H33N3O4.HI/c1-7-24-23(25-11-10-17-9-8-16(2)19(12-17)27-3)26-15-18-13-21(29-5)22(30-6)14-20(18)28-4;/h8-9,12-14H,7,10-11,15H2,1-6H3,(H2,24,25,26);1H. The smallest absolute Gasteiger partial charge is 0.191 e. The minimum atomic E-state index is 0. The van der Waals surface area contributed by atoms with Gasteiger partial charge in [-0.25, -0.2) is 4.99 Å². The van der Waals surface area contributed by atoms with E-state index in [2.05, 4.69) is 28.8 Å². The average Bonchev–Trinajstić information content (AvgIpc) is 2.77. The number of rotatable bonds is 10. The van der Waals surface area contributed by atoms with Gasteiger partial charge in [-0.05, 0) is 43.5 Å². The van der Waals surface area contributed by atoms with Crippen LogP contribution in [0.3, 0.4) is 0 Å². The predicted octanol–water partition coefficient (Wildman–Crippen LogP) is 3.95. The Labute approximate surface area is 202 Å². The van der Waals surface area contributed by atoms with Gasteiger partial charge in [-0.2, -0.15) is 0 Å². The number of methoxy groups -OCH3 is 4. The summed E-state index contributed by atoms with van der Waals surface area (Å²) < 4.78 is 21.6. The van der Waals surface area contributed by atoms with Crippen LogP contribution in [0.15, 0.2) is 35.3 Å². The Kier molecular flexibility index (Phi) is 11.9. The van der Waals surface area contributed by atoms with Gasteiger partial charge in [0.2, 0.25) is 0 Å². The maximum Gasteiger partial charge on any atom is 0.191 e. The summed E-state index contributed by atoms with van der Waals surface area (Å²) in [6.45, 7) is 6.05. The lowest BCUT2D eigenvalue weighted by Crippen LogP contribution is -2.38. The van der Waals surface area contributed by atoms with Crippen LogP contribution in [0.25, 0.3) is 0 Å². The molecule has 0 spiro atoms. The van der Waals surface area contributed by atoms with Gasteiger partial charge >= 0.3 is 0 Å². The lowest BCUT2D eigenvalue weighted by Gasteiger charge is -2.15. The van der Waals surface area contributed by atoms with Gasteiger partial charge in [0.05, 0.1) is 35.0 Å². The van der Waals surface area contributed by atoms with Gasteiger partial charge in [-0.3, -0.25) is 0 Å². The topological polar surface area (TPSA) is 73.3 Å². The third kappa shape index (κ3) is 7.68. The number of ether oxygens (including phenoxy) is 4. The zero-order valence-electron chi connectivity index (χ0n) is 19.2. The maximum atomic E-state index is 5.49. The van der Waals surface area contributed by atoms with Crippen molar-refractivity contribution in [3.8, 4) is 23.0 Å². The van der Waals surface area contributed by atoms with Crippen LogP contribution >= 0.6 is 24.0 Å². The van der Waals surface area contributed by atoms with Crippen molar-refractivity contribution in [2.24, 2.45) is 4.99 Å². The molecule has 0 atom stereocenters. The molecule has 31 heavy (non-hydrogen) atoms. The molecule has 0 aliphatic heterocycles. The summed E-state index contributed by atoms with van der Waals surface area (Å²) >= 11 is 0. The minimum Gasteiger partial charge on any atom is -0.496 e. The first-order valence-electron chi connectivity index (χ1n) is 10.0. The van der Waals surface area contributed by atoms with Crippen LogP contribution < -0.4 is 29.6 Å². The molecule has 2 rings (SSSR count). The van der Waals surface area contributed by atoms with Crippen LogP contribution in [0.1, 0.15) is 23.6 Å². The second-order valence-corrected chi connectivity index (χ2v) is 6.69. The fraction of sp³-hybridized carbons (Fsp3) is 0.435. The molecular formula is C23H34IN3O4. The Morgan fingerprint density at radius 3 is 2.10 bits per heavy atom. The number of benzene rings is 2. The van der Waals surface area contributed by atoms with Crippen LogP contribution in [-0.4, -0.2) is 47.5 Å². The van der Waals surface area contributed by atoms with Gasteiger partial charge in [-0.15, -0.1) is 24.0 Å². The van der Waals surface area contributed by atoms with Crippen LogP contribution in [0, 0.1) is 6.92 Å². The van der Waals surface area contributed by atoms with E-state index in [1.807, 2.05) is 26.0 Å². The lowest BCUT2D eigenvalue weighted by molar-refractivity contribution is 0.347. The fourth-order valence-electron chi connectivity index (χ4n) is 3.07. The first kappa shape index (κ1) is 26.7. The van der Waals surface area contributed by atoms with Gasteiger partial charge in [0.15, 0.2) is 17.5 Å². The first-order chi connectivity index (χ1) is 14.6. The fourth-order valence-corrected chi connectivity index (χ4v) is 3.07. The molecule has 2 aromatic rings. The third-order valence-corrected chi connectivity index (χ3v) is 4.72. The van der Waals surface area contributed by atoms with Crippen molar-refractivity contribution in [3.63, 3.8) is 0 Å². The van der Waals surface area contributed by atoms with Gasteiger partial charge < -0.3 is 29.6 Å². The summed E-state index contributed by atoms with van der Waals surface area (Å²) in [5, 5.41) is 6.66.